The number of hydrogen-bond acceptors (Lipinski definition) is 3. The summed E-state index contributed by atoms with van der Waals surface area (Å²) in [5.41, 5.74) is 1.86. The maximum atomic E-state index is 12.2. The molecule has 2 rings (SSSR count). The molecular formula is C17H21NO3. The van der Waals surface area contributed by atoms with Crippen molar-refractivity contribution < 1.29 is 14.6 Å². The standard InChI is InChI=1S/C17H21NO3/c1-13(18-17(20)15-7-10-21-11-8-15)16-6-2-4-14(12-16)5-3-9-19/h2,4,6,12-13,15,19H,7-11H2,1H3,(H,18,20). The molecule has 0 aliphatic carbocycles. The molecule has 0 spiro atoms. The molecule has 0 aromatic heterocycles. The van der Waals surface area contributed by atoms with E-state index in [4.69, 9.17) is 9.84 Å². The van der Waals surface area contributed by atoms with E-state index in [1.807, 2.05) is 31.2 Å². The van der Waals surface area contributed by atoms with E-state index >= 15 is 0 Å². The van der Waals surface area contributed by atoms with Gasteiger partial charge in [0.25, 0.3) is 0 Å². The average molecular weight is 287 g/mol. The van der Waals surface area contributed by atoms with Crippen LogP contribution in [0.2, 0.25) is 0 Å². The van der Waals surface area contributed by atoms with Crippen molar-refractivity contribution in [2.45, 2.75) is 25.8 Å². The van der Waals surface area contributed by atoms with Gasteiger partial charge in [0.05, 0.1) is 6.04 Å². The van der Waals surface area contributed by atoms with E-state index in [1.165, 1.54) is 0 Å². The quantitative estimate of drug-likeness (QED) is 0.831. The summed E-state index contributed by atoms with van der Waals surface area (Å²) in [6.07, 6.45) is 1.58. The molecule has 1 aromatic rings. The van der Waals surface area contributed by atoms with Crippen molar-refractivity contribution in [2.75, 3.05) is 19.8 Å². The Morgan fingerprint density at radius 1 is 1.48 bits per heavy atom. The molecule has 1 atom stereocenters. The van der Waals surface area contributed by atoms with Gasteiger partial charge in [-0.1, -0.05) is 24.0 Å². The van der Waals surface area contributed by atoms with Crippen molar-refractivity contribution in [2.24, 2.45) is 5.92 Å². The Labute approximate surface area is 125 Å². The fraction of sp³-hybridized carbons (Fsp3) is 0.471. The summed E-state index contributed by atoms with van der Waals surface area (Å²) in [6, 6.07) is 7.65. The predicted octanol–water partition coefficient (Wildman–Crippen LogP) is 1.63. The zero-order chi connectivity index (χ0) is 15.1. The lowest BCUT2D eigenvalue weighted by Gasteiger charge is -2.23. The SMILES string of the molecule is CC(NC(=O)C1CCOCC1)c1cccc(C#CCO)c1. The van der Waals surface area contributed by atoms with E-state index in [2.05, 4.69) is 17.2 Å². The maximum absolute atomic E-state index is 12.2. The molecule has 112 valence electrons. The highest BCUT2D eigenvalue weighted by atomic mass is 16.5. The van der Waals surface area contributed by atoms with E-state index in [-0.39, 0.29) is 24.5 Å². The molecule has 1 saturated heterocycles. The second-order valence-corrected chi connectivity index (χ2v) is 5.20. The van der Waals surface area contributed by atoms with Gasteiger partial charge in [-0.15, -0.1) is 0 Å². The summed E-state index contributed by atoms with van der Waals surface area (Å²) >= 11 is 0. The highest BCUT2D eigenvalue weighted by Gasteiger charge is 2.22. The van der Waals surface area contributed by atoms with Crippen molar-refractivity contribution in [3.63, 3.8) is 0 Å². The molecule has 0 saturated carbocycles. The number of amides is 1. The van der Waals surface area contributed by atoms with Crippen LogP contribution in [0.4, 0.5) is 0 Å². The number of ether oxygens (including phenoxy) is 1. The Morgan fingerprint density at radius 2 is 2.24 bits per heavy atom. The Hall–Kier alpha value is -1.83. The summed E-state index contributed by atoms with van der Waals surface area (Å²) in [7, 11) is 0. The molecule has 21 heavy (non-hydrogen) atoms. The van der Waals surface area contributed by atoms with Crippen molar-refractivity contribution >= 4 is 5.91 Å². The first-order valence-corrected chi connectivity index (χ1v) is 7.28. The summed E-state index contributed by atoms with van der Waals surface area (Å²) in [5, 5.41) is 11.8. The highest BCUT2D eigenvalue weighted by molar-refractivity contribution is 5.79. The molecule has 0 radical (unpaired) electrons. The molecule has 0 bridgehead atoms. The monoisotopic (exact) mass is 287 g/mol. The van der Waals surface area contributed by atoms with Crippen LogP contribution in [-0.4, -0.2) is 30.8 Å². The lowest BCUT2D eigenvalue weighted by molar-refractivity contribution is -0.128. The third kappa shape index (κ3) is 4.59. The smallest absolute Gasteiger partial charge is 0.223 e. The number of carbonyl (C=O) groups is 1. The van der Waals surface area contributed by atoms with Gasteiger partial charge in [-0.05, 0) is 37.5 Å². The molecule has 4 nitrogen and oxygen atoms in total. The van der Waals surface area contributed by atoms with Gasteiger partial charge in [-0.2, -0.15) is 0 Å². The molecule has 1 aliphatic heterocycles. The molecule has 1 heterocycles. The number of hydrogen-bond donors (Lipinski definition) is 2. The minimum Gasteiger partial charge on any atom is -0.384 e. The van der Waals surface area contributed by atoms with Gasteiger partial charge in [0, 0.05) is 24.7 Å². The topological polar surface area (TPSA) is 58.6 Å². The zero-order valence-corrected chi connectivity index (χ0v) is 12.3. The highest BCUT2D eigenvalue weighted by Crippen LogP contribution is 2.18. The number of nitrogens with one attached hydrogen (secondary N) is 1. The van der Waals surface area contributed by atoms with Crippen LogP contribution in [0.15, 0.2) is 24.3 Å². The molecular weight excluding hydrogens is 266 g/mol. The van der Waals surface area contributed by atoms with Crippen LogP contribution in [-0.2, 0) is 9.53 Å². The van der Waals surface area contributed by atoms with Crippen LogP contribution in [0.3, 0.4) is 0 Å². The van der Waals surface area contributed by atoms with E-state index < -0.39 is 0 Å². The van der Waals surface area contributed by atoms with E-state index in [9.17, 15) is 4.79 Å². The summed E-state index contributed by atoms with van der Waals surface area (Å²) < 4.78 is 5.28. The minimum absolute atomic E-state index is 0.0542. The van der Waals surface area contributed by atoms with E-state index in [0.29, 0.717) is 13.2 Å². The Kier molecular flexibility index (Phi) is 5.79. The predicted molar refractivity (Wildman–Crippen MR) is 80.5 cm³/mol. The van der Waals surface area contributed by atoms with Crippen LogP contribution in [0.1, 0.15) is 36.9 Å². The normalized spacial score (nSPS) is 16.7. The Morgan fingerprint density at radius 3 is 2.95 bits per heavy atom. The number of aliphatic hydroxyl groups is 1. The number of carbonyl (C=O) groups excluding carboxylic acids is 1. The van der Waals surface area contributed by atoms with Crippen LogP contribution in [0, 0.1) is 17.8 Å². The van der Waals surface area contributed by atoms with Gasteiger partial charge in [-0.3, -0.25) is 4.79 Å². The Bertz CT molecular complexity index is 538. The summed E-state index contributed by atoms with van der Waals surface area (Å²) in [4.78, 5) is 12.2. The van der Waals surface area contributed by atoms with Crippen LogP contribution < -0.4 is 5.32 Å². The van der Waals surface area contributed by atoms with Crippen LogP contribution in [0.25, 0.3) is 0 Å². The fourth-order valence-corrected chi connectivity index (χ4v) is 2.40. The van der Waals surface area contributed by atoms with Crippen molar-refractivity contribution in [1.29, 1.82) is 0 Å². The third-order valence-corrected chi connectivity index (χ3v) is 3.65. The van der Waals surface area contributed by atoms with Gasteiger partial charge in [0.15, 0.2) is 0 Å². The minimum atomic E-state index is -0.153. The maximum Gasteiger partial charge on any atom is 0.223 e. The number of aliphatic hydroxyl groups excluding tert-OH is 1. The molecule has 1 unspecified atom stereocenters. The first-order chi connectivity index (χ1) is 10.2. The number of rotatable bonds is 3. The number of benzene rings is 1. The van der Waals surface area contributed by atoms with Crippen molar-refractivity contribution in [3.8, 4) is 11.8 Å². The molecule has 1 aliphatic rings. The van der Waals surface area contributed by atoms with Gasteiger partial charge in [-0.25, -0.2) is 0 Å². The average Bonchev–Trinajstić information content (AvgIpc) is 2.54. The zero-order valence-electron chi connectivity index (χ0n) is 12.3. The molecule has 2 N–H and O–H groups in total. The third-order valence-electron chi connectivity index (χ3n) is 3.65. The molecule has 1 aromatic carbocycles. The van der Waals surface area contributed by atoms with E-state index in [1.54, 1.807) is 0 Å². The van der Waals surface area contributed by atoms with Gasteiger partial charge >= 0.3 is 0 Å². The molecule has 1 amide bonds. The van der Waals surface area contributed by atoms with E-state index in [0.717, 1.165) is 24.0 Å². The second kappa shape index (κ2) is 7.82. The molecule has 1 fully saturated rings. The van der Waals surface area contributed by atoms with Gasteiger partial charge < -0.3 is 15.2 Å². The van der Waals surface area contributed by atoms with Crippen molar-refractivity contribution in [3.05, 3.63) is 35.4 Å². The Balaban J connectivity index is 1.99. The first-order valence-electron chi connectivity index (χ1n) is 7.28. The molecule has 4 heteroatoms. The summed E-state index contributed by atoms with van der Waals surface area (Å²) in [6.45, 7) is 3.15. The second-order valence-electron chi connectivity index (χ2n) is 5.20. The van der Waals surface area contributed by atoms with Crippen LogP contribution in [0.5, 0.6) is 0 Å². The lowest BCUT2D eigenvalue weighted by Crippen LogP contribution is -2.35. The lowest BCUT2D eigenvalue weighted by atomic mass is 9.98. The van der Waals surface area contributed by atoms with Crippen LogP contribution >= 0.6 is 0 Å². The fourth-order valence-electron chi connectivity index (χ4n) is 2.40. The van der Waals surface area contributed by atoms with Gasteiger partial charge in [0.2, 0.25) is 5.91 Å². The first kappa shape index (κ1) is 15.6. The largest absolute Gasteiger partial charge is 0.384 e. The van der Waals surface area contributed by atoms with Gasteiger partial charge in [0.1, 0.15) is 6.61 Å². The summed E-state index contributed by atoms with van der Waals surface area (Å²) in [5.74, 6) is 5.65. The van der Waals surface area contributed by atoms with Crippen molar-refractivity contribution in [1.82, 2.24) is 5.32 Å².